The fourth-order valence-electron chi connectivity index (χ4n) is 0.491. The Bertz CT molecular complexity index is 338. The molecule has 1 atom stereocenters. The Hall–Kier alpha value is 0.240. The van der Waals surface area contributed by atoms with Gasteiger partial charge in [-0.15, -0.1) is 0 Å². The van der Waals surface area contributed by atoms with Crippen LogP contribution in [0.4, 0.5) is 0 Å². The molecule has 0 aromatic carbocycles. The highest BCUT2D eigenvalue weighted by Gasteiger charge is 2.16. The van der Waals surface area contributed by atoms with Crippen LogP contribution in [-0.4, -0.2) is 34.8 Å². The Morgan fingerprint density at radius 2 is 1.85 bits per heavy atom. The third-order valence-electron chi connectivity index (χ3n) is 1.32. The molecule has 1 N–H and O–H groups in total. The minimum Gasteiger partial charge on any atom is -0.285 e. The van der Waals surface area contributed by atoms with E-state index in [0.29, 0.717) is 0 Å². The summed E-state index contributed by atoms with van der Waals surface area (Å²) in [5.74, 6) is -0.293. The molecule has 0 aromatic rings. The first kappa shape index (κ1) is 13.2. The Labute approximate surface area is 83.1 Å². The molecule has 0 radical (unpaired) electrons. The highest BCUT2D eigenvalue weighted by atomic mass is 32.9. The summed E-state index contributed by atoms with van der Waals surface area (Å²) < 4.78 is 45.4. The third kappa shape index (κ3) is 6.33. The van der Waals surface area contributed by atoms with E-state index in [-0.39, 0.29) is 12.4 Å². The van der Waals surface area contributed by atoms with Gasteiger partial charge in [0.15, 0.2) is 9.84 Å². The SMILES string of the molecule is CC(C)S(=O)(=O)CCOS(=O)(O)=S. The van der Waals surface area contributed by atoms with E-state index in [1.165, 1.54) is 13.8 Å². The second kappa shape index (κ2) is 4.65. The highest BCUT2D eigenvalue weighted by Crippen LogP contribution is 2.01. The van der Waals surface area contributed by atoms with Crippen molar-refractivity contribution in [1.82, 2.24) is 0 Å². The van der Waals surface area contributed by atoms with Gasteiger partial charge in [-0.3, -0.25) is 8.74 Å². The van der Waals surface area contributed by atoms with Crippen LogP contribution in [-0.2, 0) is 34.3 Å². The zero-order valence-corrected chi connectivity index (χ0v) is 9.75. The van der Waals surface area contributed by atoms with Gasteiger partial charge < -0.3 is 0 Å². The second-order valence-electron chi connectivity index (χ2n) is 2.67. The molecule has 80 valence electrons. The number of hydrogen-bond acceptors (Lipinski definition) is 5. The van der Waals surface area contributed by atoms with Crippen LogP contribution in [0, 0.1) is 0 Å². The fraction of sp³-hybridized carbons (Fsp3) is 1.00. The van der Waals surface area contributed by atoms with Crippen LogP contribution in [0.15, 0.2) is 0 Å². The largest absolute Gasteiger partial charge is 0.285 e. The molecule has 0 aliphatic rings. The lowest BCUT2D eigenvalue weighted by molar-refractivity contribution is 0.323. The van der Waals surface area contributed by atoms with Crippen molar-refractivity contribution in [3.8, 4) is 0 Å². The Morgan fingerprint density at radius 1 is 1.38 bits per heavy atom. The van der Waals surface area contributed by atoms with Gasteiger partial charge in [0, 0.05) is 11.2 Å². The third-order valence-corrected chi connectivity index (χ3v) is 4.24. The molecule has 5 nitrogen and oxygen atoms in total. The van der Waals surface area contributed by atoms with Crippen molar-refractivity contribution in [3.05, 3.63) is 0 Å². The Balaban J connectivity index is 4.07. The number of hydrogen-bond donors (Lipinski definition) is 1. The molecule has 0 bridgehead atoms. The van der Waals surface area contributed by atoms with Gasteiger partial charge in [-0.25, -0.2) is 8.42 Å². The summed E-state index contributed by atoms with van der Waals surface area (Å²) in [7, 11) is -6.93. The summed E-state index contributed by atoms with van der Waals surface area (Å²) in [5.41, 5.74) is 0. The van der Waals surface area contributed by atoms with Gasteiger partial charge in [0.2, 0.25) is 0 Å². The zero-order valence-electron chi connectivity index (χ0n) is 7.30. The fourth-order valence-corrected chi connectivity index (χ4v) is 1.88. The van der Waals surface area contributed by atoms with Gasteiger partial charge in [-0.05, 0) is 13.8 Å². The molecule has 0 aromatic heterocycles. The lowest BCUT2D eigenvalue weighted by atomic mass is 10.6. The first-order chi connectivity index (χ1) is 5.65. The van der Waals surface area contributed by atoms with Crippen molar-refractivity contribution >= 4 is 30.1 Å². The standard InChI is InChI=1S/C5H12O5S3/c1-5(2)12(6,7)4-3-10-13(8,9)11/h5H,3-4H2,1-2H3,(H,8,9,11). The molecule has 0 saturated heterocycles. The van der Waals surface area contributed by atoms with Crippen molar-refractivity contribution < 1.29 is 21.4 Å². The maximum atomic E-state index is 11.1. The summed E-state index contributed by atoms with van der Waals surface area (Å²) >= 11 is 4.01. The van der Waals surface area contributed by atoms with E-state index in [1.54, 1.807) is 0 Å². The van der Waals surface area contributed by atoms with Crippen molar-refractivity contribution in [2.45, 2.75) is 19.1 Å². The molecule has 1 unspecified atom stereocenters. The second-order valence-corrected chi connectivity index (χ2v) is 7.70. The minimum absolute atomic E-state index is 0.293. The normalized spacial score (nSPS) is 17.2. The van der Waals surface area contributed by atoms with Gasteiger partial charge in [-0.1, -0.05) is 0 Å². The van der Waals surface area contributed by atoms with E-state index in [0.717, 1.165) is 0 Å². The van der Waals surface area contributed by atoms with Crippen LogP contribution < -0.4 is 0 Å². The molecule has 0 rings (SSSR count). The average Bonchev–Trinajstić information content (AvgIpc) is 1.82. The van der Waals surface area contributed by atoms with E-state index in [1.807, 2.05) is 0 Å². The Kier molecular flexibility index (Phi) is 4.73. The van der Waals surface area contributed by atoms with Crippen LogP contribution in [0.1, 0.15) is 13.8 Å². The van der Waals surface area contributed by atoms with E-state index < -0.39 is 24.1 Å². The summed E-state index contributed by atoms with van der Waals surface area (Å²) in [4.78, 5) is 0. The topological polar surface area (TPSA) is 80.7 Å². The Morgan fingerprint density at radius 3 is 2.15 bits per heavy atom. The molecule has 13 heavy (non-hydrogen) atoms. The van der Waals surface area contributed by atoms with Crippen LogP contribution in [0.5, 0.6) is 0 Å². The van der Waals surface area contributed by atoms with Gasteiger partial charge in [0.25, 0.3) is 9.05 Å². The van der Waals surface area contributed by atoms with E-state index in [9.17, 15) is 12.6 Å². The summed E-state index contributed by atoms with van der Waals surface area (Å²) in [6.07, 6.45) is 0. The average molecular weight is 248 g/mol. The summed E-state index contributed by atoms with van der Waals surface area (Å²) in [5, 5.41) is -0.518. The van der Waals surface area contributed by atoms with Crippen LogP contribution in [0.2, 0.25) is 0 Å². The first-order valence-electron chi connectivity index (χ1n) is 3.48. The van der Waals surface area contributed by atoms with Crippen molar-refractivity contribution in [2.75, 3.05) is 12.4 Å². The summed E-state index contributed by atoms with van der Waals surface area (Å²) in [6, 6.07) is 0. The predicted molar refractivity (Wildman–Crippen MR) is 53.0 cm³/mol. The predicted octanol–water partition coefficient (Wildman–Crippen LogP) is -0.0395. The monoisotopic (exact) mass is 248 g/mol. The zero-order chi connectivity index (χ0) is 10.7. The van der Waals surface area contributed by atoms with E-state index >= 15 is 0 Å². The van der Waals surface area contributed by atoms with Crippen molar-refractivity contribution in [3.63, 3.8) is 0 Å². The van der Waals surface area contributed by atoms with Crippen LogP contribution in [0.3, 0.4) is 0 Å². The van der Waals surface area contributed by atoms with Gasteiger partial charge in [-0.2, -0.15) is 4.21 Å². The molecule has 0 heterocycles. The van der Waals surface area contributed by atoms with Gasteiger partial charge >= 0.3 is 0 Å². The highest BCUT2D eigenvalue weighted by molar-refractivity contribution is 8.27. The molecular weight excluding hydrogens is 236 g/mol. The molecule has 0 saturated carbocycles. The van der Waals surface area contributed by atoms with Gasteiger partial charge in [0.1, 0.15) is 0 Å². The number of rotatable bonds is 5. The molecule has 0 aliphatic carbocycles. The summed E-state index contributed by atoms with van der Waals surface area (Å²) in [6.45, 7) is 2.71. The minimum atomic E-state index is -3.70. The molecule has 0 amide bonds. The first-order valence-corrected chi connectivity index (χ1v) is 7.56. The maximum Gasteiger partial charge on any atom is 0.266 e. The van der Waals surface area contributed by atoms with Crippen LogP contribution >= 0.6 is 0 Å². The maximum absolute atomic E-state index is 11.1. The quantitative estimate of drug-likeness (QED) is 0.735. The lowest BCUT2D eigenvalue weighted by Crippen LogP contribution is -2.21. The van der Waals surface area contributed by atoms with Crippen molar-refractivity contribution in [2.24, 2.45) is 0 Å². The molecule has 0 fully saturated rings. The molecule has 8 heteroatoms. The molecular formula is C5H12O5S3. The van der Waals surface area contributed by atoms with Gasteiger partial charge in [0.05, 0.1) is 17.6 Å². The van der Waals surface area contributed by atoms with Crippen LogP contribution in [0.25, 0.3) is 0 Å². The van der Waals surface area contributed by atoms with Crippen molar-refractivity contribution in [1.29, 1.82) is 0 Å². The molecule has 0 aliphatic heterocycles. The number of sulfone groups is 1. The lowest BCUT2D eigenvalue weighted by Gasteiger charge is -2.06. The van der Waals surface area contributed by atoms with E-state index in [2.05, 4.69) is 15.4 Å². The molecule has 0 spiro atoms. The smallest absolute Gasteiger partial charge is 0.266 e. The van der Waals surface area contributed by atoms with E-state index in [4.69, 9.17) is 4.55 Å².